The van der Waals surface area contributed by atoms with E-state index in [0.29, 0.717) is 19.6 Å². The molecule has 20 heavy (non-hydrogen) atoms. The second-order valence-corrected chi connectivity index (χ2v) is 5.62. The summed E-state index contributed by atoms with van der Waals surface area (Å²) in [5.74, 6) is -1.12. The molecule has 1 fully saturated rings. The highest BCUT2D eigenvalue weighted by Crippen LogP contribution is 2.56. The molecular weight excluding hydrogens is 324 g/mol. The van der Waals surface area contributed by atoms with Gasteiger partial charge in [0.05, 0.1) is 19.1 Å². The number of benzene rings is 1. The van der Waals surface area contributed by atoms with Crippen LogP contribution >= 0.6 is 15.9 Å². The van der Waals surface area contributed by atoms with Gasteiger partial charge in [0.2, 0.25) is 0 Å². The van der Waals surface area contributed by atoms with Crippen LogP contribution in [0.1, 0.15) is 25.8 Å². The molecule has 1 saturated carbocycles. The molecule has 0 spiro atoms. The van der Waals surface area contributed by atoms with E-state index in [1.165, 1.54) is 0 Å². The summed E-state index contributed by atoms with van der Waals surface area (Å²) in [5.41, 5.74) is -0.0691. The Bertz CT molecular complexity index is 511. The molecule has 1 aromatic rings. The molecule has 5 heteroatoms. The Morgan fingerprint density at radius 2 is 1.80 bits per heavy atom. The minimum Gasteiger partial charge on any atom is -0.466 e. The van der Waals surface area contributed by atoms with Crippen LogP contribution < -0.4 is 0 Å². The predicted molar refractivity (Wildman–Crippen MR) is 77.2 cm³/mol. The van der Waals surface area contributed by atoms with E-state index in [1.807, 2.05) is 24.3 Å². The monoisotopic (exact) mass is 340 g/mol. The van der Waals surface area contributed by atoms with Crippen LogP contribution in [0.3, 0.4) is 0 Å². The molecule has 108 valence electrons. The minimum absolute atomic E-state index is 0.298. The van der Waals surface area contributed by atoms with Gasteiger partial charge in [0, 0.05) is 4.47 Å². The molecular formula is C15H17BrO4. The lowest BCUT2D eigenvalue weighted by atomic mass is 9.93. The van der Waals surface area contributed by atoms with Gasteiger partial charge in [-0.2, -0.15) is 0 Å². The smallest absolute Gasteiger partial charge is 0.317 e. The molecule has 0 N–H and O–H groups in total. The molecule has 0 amide bonds. The maximum atomic E-state index is 12.3. The van der Waals surface area contributed by atoms with Gasteiger partial charge in [0.1, 0.15) is 5.41 Å². The molecule has 1 aliphatic rings. The van der Waals surface area contributed by atoms with E-state index >= 15 is 0 Å². The fraction of sp³-hybridized carbons (Fsp3) is 0.467. The van der Waals surface area contributed by atoms with Gasteiger partial charge >= 0.3 is 11.9 Å². The number of rotatable bonds is 5. The molecule has 2 rings (SSSR count). The summed E-state index contributed by atoms with van der Waals surface area (Å²) in [6, 6.07) is 7.41. The molecule has 0 heterocycles. The lowest BCUT2D eigenvalue weighted by Crippen LogP contribution is -2.28. The SMILES string of the molecule is CCOC(=O)[C@@H]1C[C@@]1(C(=O)OCC)c1ccc(Br)cc1. The number of carbonyl (C=O) groups is 2. The molecule has 0 aromatic heterocycles. The van der Waals surface area contributed by atoms with Gasteiger partial charge in [-0.25, -0.2) is 0 Å². The molecule has 0 bridgehead atoms. The molecule has 2 atom stereocenters. The van der Waals surface area contributed by atoms with E-state index in [0.717, 1.165) is 10.0 Å². The van der Waals surface area contributed by atoms with Crippen molar-refractivity contribution < 1.29 is 19.1 Å². The third-order valence-corrected chi connectivity index (χ3v) is 4.06. The van der Waals surface area contributed by atoms with Crippen molar-refractivity contribution in [3.63, 3.8) is 0 Å². The van der Waals surface area contributed by atoms with Crippen LogP contribution in [0.2, 0.25) is 0 Å². The first-order chi connectivity index (χ1) is 9.56. The molecule has 0 radical (unpaired) electrons. The van der Waals surface area contributed by atoms with Crippen molar-refractivity contribution in [2.45, 2.75) is 25.7 Å². The summed E-state index contributed by atoms with van der Waals surface area (Å²) in [5, 5.41) is 0. The van der Waals surface area contributed by atoms with Crippen LogP contribution in [0.4, 0.5) is 0 Å². The second kappa shape index (κ2) is 5.95. The topological polar surface area (TPSA) is 52.6 Å². The van der Waals surface area contributed by atoms with E-state index in [-0.39, 0.29) is 11.9 Å². The third kappa shape index (κ3) is 2.59. The maximum Gasteiger partial charge on any atom is 0.317 e. The Morgan fingerprint density at radius 1 is 1.20 bits per heavy atom. The van der Waals surface area contributed by atoms with Crippen LogP contribution in [0.5, 0.6) is 0 Å². The van der Waals surface area contributed by atoms with Crippen molar-refractivity contribution in [1.82, 2.24) is 0 Å². The number of ether oxygens (including phenoxy) is 2. The van der Waals surface area contributed by atoms with Crippen LogP contribution in [0, 0.1) is 5.92 Å². The Kier molecular flexibility index (Phi) is 4.48. The molecule has 0 unspecified atom stereocenters. The average Bonchev–Trinajstić information content (AvgIpc) is 3.17. The number of hydrogen-bond acceptors (Lipinski definition) is 4. The highest BCUT2D eigenvalue weighted by molar-refractivity contribution is 9.10. The summed E-state index contributed by atoms with van der Waals surface area (Å²) < 4.78 is 11.1. The molecule has 1 aromatic carbocycles. The zero-order valence-corrected chi connectivity index (χ0v) is 13.1. The number of halogens is 1. The Hall–Kier alpha value is -1.36. The van der Waals surface area contributed by atoms with E-state index < -0.39 is 11.3 Å². The Labute approximate surface area is 126 Å². The summed E-state index contributed by atoms with van der Waals surface area (Å²) in [7, 11) is 0. The fourth-order valence-corrected chi connectivity index (χ4v) is 2.72. The molecule has 0 aliphatic heterocycles. The number of carbonyl (C=O) groups excluding carboxylic acids is 2. The van der Waals surface area contributed by atoms with Gasteiger partial charge in [-0.15, -0.1) is 0 Å². The van der Waals surface area contributed by atoms with Gasteiger partial charge in [0.25, 0.3) is 0 Å². The fourth-order valence-electron chi connectivity index (χ4n) is 2.46. The van der Waals surface area contributed by atoms with Crippen molar-refractivity contribution in [3.8, 4) is 0 Å². The van der Waals surface area contributed by atoms with Crippen molar-refractivity contribution >= 4 is 27.9 Å². The molecule has 4 nitrogen and oxygen atoms in total. The van der Waals surface area contributed by atoms with Gasteiger partial charge in [0.15, 0.2) is 0 Å². The van der Waals surface area contributed by atoms with E-state index in [1.54, 1.807) is 13.8 Å². The van der Waals surface area contributed by atoms with Gasteiger partial charge < -0.3 is 9.47 Å². The second-order valence-electron chi connectivity index (χ2n) is 4.71. The van der Waals surface area contributed by atoms with Crippen molar-refractivity contribution in [3.05, 3.63) is 34.3 Å². The first kappa shape index (κ1) is 15.0. The first-order valence-electron chi connectivity index (χ1n) is 6.66. The standard InChI is InChI=1S/C15H17BrO4/c1-3-19-13(17)12-9-15(12,14(18)20-4-2)10-5-7-11(16)8-6-10/h5-8,12H,3-4,9H2,1-2H3/t12-,15+/m0/s1. The zero-order chi connectivity index (χ0) is 14.8. The van der Waals surface area contributed by atoms with Crippen LogP contribution in [-0.2, 0) is 24.5 Å². The Morgan fingerprint density at radius 3 is 2.35 bits per heavy atom. The number of hydrogen-bond donors (Lipinski definition) is 0. The van der Waals surface area contributed by atoms with Gasteiger partial charge in [-0.3, -0.25) is 9.59 Å². The largest absolute Gasteiger partial charge is 0.466 e. The lowest BCUT2D eigenvalue weighted by molar-refractivity contribution is -0.152. The van der Waals surface area contributed by atoms with E-state index in [4.69, 9.17) is 9.47 Å². The van der Waals surface area contributed by atoms with Gasteiger partial charge in [-0.05, 0) is 38.0 Å². The summed E-state index contributed by atoms with van der Waals surface area (Å²) >= 11 is 3.36. The quantitative estimate of drug-likeness (QED) is 0.773. The third-order valence-electron chi connectivity index (χ3n) is 3.53. The number of esters is 2. The summed E-state index contributed by atoms with van der Waals surface area (Å²) in [6.45, 7) is 4.13. The average molecular weight is 341 g/mol. The Balaban J connectivity index is 2.30. The van der Waals surface area contributed by atoms with Gasteiger partial charge in [-0.1, -0.05) is 28.1 Å². The summed E-state index contributed by atoms with van der Waals surface area (Å²) in [4.78, 5) is 24.2. The summed E-state index contributed by atoms with van der Waals surface area (Å²) in [6.07, 6.45) is 0.451. The molecule has 1 aliphatic carbocycles. The van der Waals surface area contributed by atoms with Crippen LogP contribution in [0.25, 0.3) is 0 Å². The highest BCUT2D eigenvalue weighted by Gasteiger charge is 2.66. The predicted octanol–water partition coefficient (Wildman–Crippen LogP) is 2.83. The maximum absolute atomic E-state index is 12.3. The highest BCUT2D eigenvalue weighted by atomic mass is 79.9. The minimum atomic E-state index is -0.872. The normalized spacial score (nSPS) is 24.1. The van der Waals surface area contributed by atoms with Crippen LogP contribution in [0.15, 0.2) is 28.7 Å². The van der Waals surface area contributed by atoms with Crippen LogP contribution in [-0.4, -0.2) is 25.2 Å². The molecule has 0 saturated heterocycles. The van der Waals surface area contributed by atoms with E-state index in [2.05, 4.69) is 15.9 Å². The van der Waals surface area contributed by atoms with Crippen molar-refractivity contribution in [1.29, 1.82) is 0 Å². The lowest BCUT2D eigenvalue weighted by Gasteiger charge is -2.16. The van der Waals surface area contributed by atoms with E-state index in [9.17, 15) is 9.59 Å². The first-order valence-corrected chi connectivity index (χ1v) is 7.45. The van der Waals surface area contributed by atoms with Crippen molar-refractivity contribution in [2.75, 3.05) is 13.2 Å². The van der Waals surface area contributed by atoms with Crippen molar-refractivity contribution in [2.24, 2.45) is 5.92 Å². The zero-order valence-electron chi connectivity index (χ0n) is 11.5.